The van der Waals surface area contributed by atoms with Crippen LogP contribution in [0.5, 0.6) is 0 Å². The zero-order chi connectivity index (χ0) is 13.3. The highest BCUT2D eigenvalue weighted by Crippen LogP contribution is 2.30. The van der Waals surface area contributed by atoms with Crippen molar-refractivity contribution in [2.24, 2.45) is 0 Å². The average molecular weight is 245 g/mol. The molecule has 0 radical (unpaired) electrons. The molecular formula is C15H16FNO. The van der Waals surface area contributed by atoms with E-state index in [-0.39, 0.29) is 0 Å². The molecule has 0 fully saturated rings. The predicted octanol–water partition coefficient (Wildman–Crippen LogP) is 3.11. The van der Waals surface area contributed by atoms with Crippen molar-refractivity contribution >= 4 is 5.69 Å². The van der Waals surface area contributed by atoms with E-state index in [0.717, 1.165) is 11.1 Å². The van der Waals surface area contributed by atoms with E-state index in [1.165, 1.54) is 6.07 Å². The van der Waals surface area contributed by atoms with E-state index in [0.29, 0.717) is 16.8 Å². The summed E-state index contributed by atoms with van der Waals surface area (Å²) in [6.45, 7) is 3.61. The molecule has 0 saturated carbocycles. The van der Waals surface area contributed by atoms with Crippen LogP contribution in [-0.4, -0.2) is 5.11 Å². The molecule has 0 aliphatic heterocycles. The molecule has 0 heterocycles. The fraction of sp³-hybridized carbons (Fsp3) is 0.200. The van der Waals surface area contributed by atoms with Crippen molar-refractivity contribution in [3.8, 4) is 0 Å². The number of hydrogen-bond donors (Lipinski definition) is 2. The van der Waals surface area contributed by atoms with E-state index in [4.69, 9.17) is 5.73 Å². The van der Waals surface area contributed by atoms with Crippen molar-refractivity contribution < 1.29 is 9.50 Å². The number of rotatable bonds is 2. The monoisotopic (exact) mass is 245 g/mol. The maximum Gasteiger partial charge on any atom is 0.129 e. The number of aliphatic hydroxyl groups excluding tert-OH is 1. The molecule has 2 nitrogen and oxygen atoms in total. The maximum absolute atomic E-state index is 14.0. The van der Waals surface area contributed by atoms with Gasteiger partial charge in [0.2, 0.25) is 0 Å². The third-order valence-electron chi connectivity index (χ3n) is 3.04. The fourth-order valence-corrected chi connectivity index (χ4v) is 2.19. The molecule has 0 spiro atoms. The van der Waals surface area contributed by atoms with Gasteiger partial charge in [0.25, 0.3) is 0 Å². The Balaban J connectivity index is 2.53. The molecule has 0 aromatic heterocycles. The first-order valence-electron chi connectivity index (χ1n) is 5.80. The third kappa shape index (κ3) is 2.22. The minimum atomic E-state index is -1.04. The molecule has 3 N–H and O–H groups in total. The summed E-state index contributed by atoms with van der Waals surface area (Å²) in [4.78, 5) is 0. The van der Waals surface area contributed by atoms with Crippen LogP contribution in [0, 0.1) is 19.7 Å². The Morgan fingerprint density at radius 3 is 2.44 bits per heavy atom. The molecule has 0 saturated heterocycles. The van der Waals surface area contributed by atoms with Crippen LogP contribution in [-0.2, 0) is 0 Å². The van der Waals surface area contributed by atoms with Crippen LogP contribution in [0.1, 0.15) is 28.4 Å². The second-order valence-electron chi connectivity index (χ2n) is 4.51. The van der Waals surface area contributed by atoms with Gasteiger partial charge in [0.05, 0.1) is 0 Å². The first-order valence-corrected chi connectivity index (χ1v) is 5.80. The molecule has 0 aliphatic carbocycles. The number of benzene rings is 2. The predicted molar refractivity (Wildman–Crippen MR) is 70.8 cm³/mol. The lowest BCUT2D eigenvalue weighted by atomic mass is 9.94. The van der Waals surface area contributed by atoms with Gasteiger partial charge in [-0.2, -0.15) is 0 Å². The summed E-state index contributed by atoms with van der Waals surface area (Å²) in [7, 11) is 0. The average Bonchev–Trinajstić information content (AvgIpc) is 2.27. The molecule has 2 rings (SSSR count). The van der Waals surface area contributed by atoms with E-state index in [2.05, 4.69) is 0 Å². The quantitative estimate of drug-likeness (QED) is 0.798. The normalized spacial score (nSPS) is 12.4. The summed E-state index contributed by atoms with van der Waals surface area (Å²) in [5, 5.41) is 10.3. The number of hydrogen-bond acceptors (Lipinski definition) is 2. The second-order valence-corrected chi connectivity index (χ2v) is 4.51. The Morgan fingerprint density at radius 1 is 1.17 bits per heavy atom. The van der Waals surface area contributed by atoms with Gasteiger partial charge in [-0.15, -0.1) is 0 Å². The van der Waals surface area contributed by atoms with Crippen LogP contribution < -0.4 is 5.73 Å². The van der Waals surface area contributed by atoms with E-state index in [9.17, 15) is 9.50 Å². The molecule has 2 aromatic carbocycles. The third-order valence-corrected chi connectivity index (χ3v) is 3.04. The lowest BCUT2D eigenvalue weighted by Gasteiger charge is -2.17. The van der Waals surface area contributed by atoms with Gasteiger partial charge in [0.15, 0.2) is 0 Å². The number of nitrogen functional groups attached to an aromatic ring is 1. The Morgan fingerprint density at radius 2 is 1.83 bits per heavy atom. The molecule has 94 valence electrons. The van der Waals surface area contributed by atoms with Crippen LogP contribution in [0.4, 0.5) is 10.1 Å². The van der Waals surface area contributed by atoms with Crippen LogP contribution in [0.15, 0.2) is 36.4 Å². The molecule has 1 unspecified atom stereocenters. The highest BCUT2D eigenvalue weighted by atomic mass is 19.1. The van der Waals surface area contributed by atoms with Gasteiger partial charge >= 0.3 is 0 Å². The highest BCUT2D eigenvalue weighted by Gasteiger charge is 2.19. The van der Waals surface area contributed by atoms with Crippen molar-refractivity contribution in [3.05, 3.63) is 64.5 Å². The van der Waals surface area contributed by atoms with E-state index >= 15 is 0 Å². The minimum Gasteiger partial charge on any atom is -0.398 e. The Kier molecular flexibility index (Phi) is 3.34. The molecule has 0 aliphatic rings. The topological polar surface area (TPSA) is 46.2 Å². The number of para-hydroxylation sites is 1. The smallest absolute Gasteiger partial charge is 0.129 e. The van der Waals surface area contributed by atoms with Gasteiger partial charge in [-0.3, -0.25) is 0 Å². The maximum atomic E-state index is 14.0. The summed E-state index contributed by atoms with van der Waals surface area (Å²) in [6.07, 6.45) is -1.04. The number of aryl methyl sites for hydroxylation is 2. The first-order chi connectivity index (χ1) is 8.50. The summed E-state index contributed by atoms with van der Waals surface area (Å²) < 4.78 is 14.0. The first kappa shape index (κ1) is 12.6. The van der Waals surface area contributed by atoms with E-state index in [1.807, 2.05) is 13.0 Å². The summed E-state index contributed by atoms with van der Waals surface area (Å²) in [5.74, 6) is -0.400. The molecule has 18 heavy (non-hydrogen) atoms. The van der Waals surface area contributed by atoms with Crippen LogP contribution in [0.2, 0.25) is 0 Å². The van der Waals surface area contributed by atoms with E-state index < -0.39 is 11.9 Å². The molecule has 3 heteroatoms. The fourth-order valence-electron chi connectivity index (χ4n) is 2.19. The van der Waals surface area contributed by atoms with Gasteiger partial charge in [-0.25, -0.2) is 4.39 Å². The van der Waals surface area contributed by atoms with Gasteiger partial charge in [-0.1, -0.05) is 24.3 Å². The summed E-state index contributed by atoms with van der Waals surface area (Å²) >= 11 is 0. The summed E-state index contributed by atoms with van der Waals surface area (Å²) in [5.41, 5.74) is 8.65. The molecular weight excluding hydrogens is 229 g/mol. The Bertz CT molecular complexity index is 557. The minimum absolute atomic E-state index is 0.290. The van der Waals surface area contributed by atoms with Crippen molar-refractivity contribution in [3.63, 3.8) is 0 Å². The SMILES string of the molecule is Cc1cc(C)c(C(O)c2ccccc2N)c(F)c1. The van der Waals surface area contributed by atoms with Crippen molar-refractivity contribution in [1.29, 1.82) is 0 Å². The second kappa shape index (κ2) is 4.78. The van der Waals surface area contributed by atoms with Crippen molar-refractivity contribution in [2.45, 2.75) is 20.0 Å². The Labute approximate surface area is 106 Å². The van der Waals surface area contributed by atoms with Crippen molar-refractivity contribution in [1.82, 2.24) is 0 Å². The number of aliphatic hydroxyl groups is 1. The van der Waals surface area contributed by atoms with Crippen LogP contribution in [0.25, 0.3) is 0 Å². The zero-order valence-corrected chi connectivity index (χ0v) is 10.4. The van der Waals surface area contributed by atoms with Gasteiger partial charge < -0.3 is 10.8 Å². The number of anilines is 1. The van der Waals surface area contributed by atoms with Crippen molar-refractivity contribution in [2.75, 3.05) is 5.73 Å². The number of nitrogens with two attached hydrogens (primary N) is 1. The lowest BCUT2D eigenvalue weighted by molar-refractivity contribution is 0.215. The molecule has 1 atom stereocenters. The van der Waals surface area contributed by atoms with Crippen LogP contribution >= 0.6 is 0 Å². The van der Waals surface area contributed by atoms with Gasteiger partial charge in [0, 0.05) is 16.8 Å². The lowest BCUT2D eigenvalue weighted by Crippen LogP contribution is -2.08. The van der Waals surface area contributed by atoms with E-state index in [1.54, 1.807) is 31.2 Å². The summed E-state index contributed by atoms with van der Waals surface area (Å²) in [6, 6.07) is 10.2. The van der Waals surface area contributed by atoms with Gasteiger partial charge in [-0.05, 0) is 37.1 Å². The molecule has 0 bridgehead atoms. The Hall–Kier alpha value is -1.87. The highest BCUT2D eigenvalue weighted by molar-refractivity contribution is 5.51. The largest absolute Gasteiger partial charge is 0.398 e. The molecule has 0 amide bonds. The number of halogens is 1. The molecule has 2 aromatic rings. The zero-order valence-electron chi connectivity index (χ0n) is 10.4. The standard InChI is InChI=1S/C15H16FNO/c1-9-7-10(2)14(12(16)8-9)15(18)11-5-3-4-6-13(11)17/h3-8,15,18H,17H2,1-2H3. The van der Waals surface area contributed by atoms with Gasteiger partial charge in [0.1, 0.15) is 11.9 Å². The van der Waals surface area contributed by atoms with Crippen LogP contribution in [0.3, 0.4) is 0 Å².